The molecule has 0 aromatic heterocycles. The van der Waals surface area contributed by atoms with Crippen LogP contribution in [0.15, 0.2) is 34.2 Å². The molecule has 1 atom stereocenters. The molecule has 2 N–H and O–H groups in total. The van der Waals surface area contributed by atoms with Gasteiger partial charge in [0, 0.05) is 17.1 Å². The zero-order valence-corrected chi connectivity index (χ0v) is 8.71. The molecular formula is C9H10N3O2S-. The summed E-state index contributed by atoms with van der Waals surface area (Å²) in [7, 11) is 0. The monoisotopic (exact) mass is 224 g/mol. The summed E-state index contributed by atoms with van der Waals surface area (Å²) in [5.74, 6) is 0.684. The molecule has 1 aliphatic heterocycles. The number of nitrogens with one attached hydrogen (secondary N) is 2. The molecule has 6 heteroatoms. The summed E-state index contributed by atoms with van der Waals surface area (Å²) in [5, 5.41) is 6.04. The van der Waals surface area contributed by atoms with Crippen LogP contribution in [-0.4, -0.2) is 27.8 Å². The normalized spacial score (nSPS) is 16.7. The van der Waals surface area contributed by atoms with Gasteiger partial charge in [0.25, 0.3) is 0 Å². The van der Waals surface area contributed by atoms with Crippen molar-refractivity contribution in [3.63, 3.8) is 0 Å². The third-order valence-corrected chi connectivity index (χ3v) is 2.60. The average molecular weight is 224 g/mol. The largest absolute Gasteiger partial charge is 0.768 e. The van der Waals surface area contributed by atoms with E-state index in [9.17, 15) is 8.76 Å². The van der Waals surface area contributed by atoms with Crippen LogP contribution in [0, 0.1) is 0 Å². The Morgan fingerprint density at radius 3 is 3.07 bits per heavy atom. The highest BCUT2D eigenvalue weighted by Gasteiger charge is 2.04. The second kappa shape index (κ2) is 4.41. The van der Waals surface area contributed by atoms with Crippen molar-refractivity contribution in [3.05, 3.63) is 24.3 Å². The Labute approximate surface area is 89.9 Å². The maximum atomic E-state index is 10.7. The molecule has 1 unspecified atom stereocenters. The Balaban J connectivity index is 2.14. The van der Waals surface area contributed by atoms with Gasteiger partial charge in [0.2, 0.25) is 0 Å². The summed E-state index contributed by atoms with van der Waals surface area (Å²) in [6, 6.07) is 6.58. The van der Waals surface area contributed by atoms with E-state index in [4.69, 9.17) is 0 Å². The number of guanidine groups is 1. The fraction of sp³-hybridized carbons (Fsp3) is 0.222. The van der Waals surface area contributed by atoms with Crippen LogP contribution in [0.4, 0.5) is 5.69 Å². The highest BCUT2D eigenvalue weighted by atomic mass is 32.2. The van der Waals surface area contributed by atoms with E-state index in [1.165, 1.54) is 6.07 Å². The number of hydrogen-bond acceptors (Lipinski definition) is 5. The molecule has 1 aliphatic rings. The Morgan fingerprint density at radius 2 is 2.40 bits per heavy atom. The Kier molecular flexibility index (Phi) is 2.98. The van der Waals surface area contributed by atoms with E-state index >= 15 is 0 Å². The molecule has 5 nitrogen and oxygen atoms in total. The van der Waals surface area contributed by atoms with E-state index in [0.29, 0.717) is 11.6 Å². The van der Waals surface area contributed by atoms with Crippen LogP contribution in [0.5, 0.6) is 0 Å². The highest BCUT2D eigenvalue weighted by molar-refractivity contribution is 7.79. The van der Waals surface area contributed by atoms with Gasteiger partial charge in [0.05, 0.1) is 6.54 Å². The molecule has 0 aliphatic carbocycles. The predicted octanol–water partition coefficient (Wildman–Crippen LogP) is 0.296. The number of rotatable bonds is 2. The van der Waals surface area contributed by atoms with E-state index in [1.54, 1.807) is 18.2 Å². The first kappa shape index (κ1) is 10.1. The molecule has 80 valence electrons. The lowest BCUT2D eigenvalue weighted by molar-refractivity contribution is 0.537. The molecule has 1 heterocycles. The molecular weight excluding hydrogens is 214 g/mol. The number of benzene rings is 1. The topological polar surface area (TPSA) is 76.5 Å². The van der Waals surface area contributed by atoms with E-state index in [2.05, 4.69) is 15.6 Å². The van der Waals surface area contributed by atoms with Crippen molar-refractivity contribution in [1.29, 1.82) is 0 Å². The van der Waals surface area contributed by atoms with E-state index < -0.39 is 11.1 Å². The molecule has 15 heavy (non-hydrogen) atoms. The minimum atomic E-state index is -2.19. The Hall–Kier alpha value is -1.40. The van der Waals surface area contributed by atoms with Gasteiger partial charge in [0.15, 0.2) is 5.96 Å². The van der Waals surface area contributed by atoms with Gasteiger partial charge in [-0.15, -0.1) is 0 Å². The highest BCUT2D eigenvalue weighted by Crippen LogP contribution is 2.13. The average Bonchev–Trinajstić information content (AvgIpc) is 2.71. The molecule has 0 amide bonds. The molecule has 0 spiro atoms. The number of aliphatic imine (C=N–C) groups is 1. The summed E-state index contributed by atoms with van der Waals surface area (Å²) in [6.45, 7) is 1.56. The van der Waals surface area contributed by atoms with Gasteiger partial charge in [-0.3, -0.25) is 9.20 Å². The van der Waals surface area contributed by atoms with Crippen molar-refractivity contribution < 1.29 is 8.76 Å². The van der Waals surface area contributed by atoms with Crippen LogP contribution in [0.25, 0.3) is 0 Å². The first-order chi connectivity index (χ1) is 7.25. The minimum Gasteiger partial charge on any atom is -0.768 e. The van der Waals surface area contributed by atoms with Gasteiger partial charge in [0.1, 0.15) is 0 Å². The van der Waals surface area contributed by atoms with Gasteiger partial charge < -0.3 is 15.2 Å². The third-order valence-electron chi connectivity index (χ3n) is 1.96. The first-order valence-electron chi connectivity index (χ1n) is 4.50. The molecule has 0 radical (unpaired) electrons. The lowest BCUT2D eigenvalue weighted by Gasteiger charge is -2.09. The molecule has 0 bridgehead atoms. The molecule has 2 rings (SSSR count). The summed E-state index contributed by atoms with van der Waals surface area (Å²) >= 11 is -2.19. The number of hydrogen-bond donors (Lipinski definition) is 2. The van der Waals surface area contributed by atoms with Crippen molar-refractivity contribution in [2.45, 2.75) is 4.90 Å². The van der Waals surface area contributed by atoms with Gasteiger partial charge in [-0.25, -0.2) is 0 Å². The summed E-state index contributed by atoms with van der Waals surface area (Å²) in [6.07, 6.45) is 0. The lowest BCUT2D eigenvalue weighted by Crippen LogP contribution is -2.26. The van der Waals surface area contributed by atoms with Crippen LogP contribution < -0.4 is 10.6 Å². The maximum Gasteiger partial charge on any atom is 0.195 e. The molecule has 0 saturated heterocycles. The van der Waals surface area contributed by atoms with Crippen LogP contribution in [0.1, 0.15) is 0 Å². The zero-order chi connectivity index (χ0) is 10.7. The van der Waals surface area contributed by atoms with Gasteiger partial charge in [-0.2, -0.15) is 0 Å². The van der Waals surface area contributed by atoms with Gasteiger partial charge >= 0.3 is 0 Å². The number of anilines is 1. The zero-order valence-electron chi connectivity index (χ0n) is 7.90. The minimum absolute atomic E-state index is 0.263. The fourth-order valence-electron chi connectivity index (χ4n) is 1.30. The summed E-state index contributed by atoms with van der Waals surface area (Å²) < 4.78 is 21.4. The Morgan fingerprint density at radius 1 is 1.53 bits per heavy atom. The third kappa shape index (κ3) is 2.54. The van der Waals surface area contributed by atoms with Gasteiger partial charge in [-0.1, -0.05) is 6.07 Å². The second-order valence-electron chi connectivity index (χ2n) is 3.04. The fourth-order valence-corrected chi connectivity index (χ4v) is 1.71. The van der Waals surface area contributed by atoms with Crippen LogP contribution >= 0.6 is 0 Å². The van der Waals surface area contributed by atoms with E-state index in [-0.39, 0.29) is 4.90 Å². The maximum absolute atomic E-state index is 10.7. The Bertz CT molecular complexity index is 420. The SMILES string of the molecule is O=S([O-])c1cccc(NC2=NCCN2)c1. The van der Waals surface area contributed by atoms with Crippen LogP contribution in [0.2, 0.25) is 0 Å². The smallest absolute Gasteiger partial charge is 0.195 e. The first-order valence-corrected chi connectivity index (χ1v) is 5.58. The summed E-state index contributed by atoms with van der Waals surface area (Å²) in [5.41, 5.74) is 0.713. The van der Waals surface area contributed by atoms with Crippen molar-refractivity contribution >= 4 is 22.7 Å². The number of nitrogens with zero attached hydrogens (tertiary/aromatic N) is 1. The standard InChI is InChI=1S/C9H11N3O2S/c13-15(14)8-3-1-2-7(6-8)12-9-10-4-5-11-9/h1-3,6H,4-5H2,(H,13,14)(H2,10,11,12)/p-1. The van der Waals surface area contributed by atoms with Crippen molar-refractivity contribution in [2.75, 3.05) is 18.4 Å². The van der Waals surface area contributed by atoms with E-state index in [0.717, 1.165) is 13.1 Å². The van der Waals surface area contributed by atoms with Crippen molar-refractivity contribution in [1.82, 2.24) is 5.32 Å². The predicted molar refractivity (Wildman–Crippen MR) is 57.6 cm³/mol. The molecule has 1 aromatic carbocycles. The molecule has 0 saturated carbocycles. The quantitative estimate of drug-likeness (QED) is 0.708. The van der Waals surface area contributed by atoms with Crippen molar-refractivity contribution in [3.8, 4) is 0 Å². The van der Waals surface area contributed by atoms with E-state index in [1.807, 2.05) is 0 Å². The second-order valence-corrected chi connectivity index (χ2v) is 3.99. The lowest BCUT2D eigenvalue weighted by atomic mass is 10.3. The van der Waals surface area contributed by atoms with Gasteiger partial charge in [-0.05, 0) is 29.3 Å². The van der Waals surface area contributed by atoms with Crippen LogP contribution in [0.3, 0.4) is 0 Å². The van der Waals surface area contributed by atoms with Crippen molar-refractivity contribution in [2.24, 2.45) is 4.99 Å². The van der Waals surface area contributed by atoms with Crippen LogP contribution in [-0.2, 0) is 11.1 Å². The molecule has 1 aromatic rings. The molecule has 0 fully saturated rings. The summed E-state index contributed by atoms with van der Waals surface area (Å²) in [4.78, 5) is 4.41.